The first kappa shape index (κ1) is 17.5. The van der Waals surface area contributed by atoms with Crippen LogP contribution in [0.4, 0.5) is 24.8 Å². The second-order valence-corrected chi connectivity index (χ2v) is 5.99. The lowest BCUT2D eigenvalue weighted by Gasteiger charge is -2.15. The molecule has 0 unspecified atom stereocenters. The van der Waals surface area contributed by atoms with E-state index in [4.69, 9.17) is 11.6 Å². The summed E-state index contributed by atoms with van der Waals surface area (Å²) in [5.41, 5.74) is -0.958. The molecule has 0 saturated carbocycles. The molecular formula is C16H14ClF3N4O. The molecule has 1 amide bonds. The highest BCUT2D eigenvalue weighted by Crippen LogP contribution is 2.34. The Labute approximate surface area is 146 Å². The topological polar surface area (TPSA) is 58.1 Å². The molecule has 9 heteroatoms. The molecule has 0 spiro atoms. The second kappa shape index (κ2) is 6.87. The van der Waals surface area contributed by atoms with Crippen molar-refractivity contribution in [2.24, 2.45) is 0 Å². The van der Waals surface area contributed by atoms with Crippen LogP contribution in [0.5, 0.6) is 0 Å². The van der Waals surface area contributed by atoms with Crippen LogP contribution >= 0.6 is 11.6 Å². The third-order valence-electron chi connectivity index (χ3n) is 3.81. The van der Waals surface area contributed by atoms with Crippen molar-refractivity contribution in [3.63, 3.8) is 0 Å². The number of hydrogen-bond donors (Lipinski definition) is 1. The van der Waals surface area contributed by atoms with Crippen molar-refractivity contribution < 1.29 is 18.0 Å². The number of benzene rings is 1. The van der Waals surface area contributed by atoms with Crippen LogP contribution < -0.4 is 10.2 Å². The zero-order valence-corrected chi connectivity index (χ0v) is 13.7. The summed E-state index contributed by atoms with van der Waals surface area (Å²) in [6.07, 6.45) is -1.02. The van der Waals surface area contributed by atoms with Gasteiger partial charge in [-0.2, -0.15) is 13.2 Å². The molecular weight excluding hydrogens is 357 g/mol. The molecule has 0 atom stereocenters. The maximum atomic E-state index is 12.8. The van der Waals surface area contributed by atoms with Gasteiger partial charge in [0, 0.05) is 19.3 Å². The molecule has 0 radical (unpaired) electrons. The van der Waals surface area contributed by atoms with E-state index in [1.54, 1.807) is 0 Å². The van der Waals surface area contributed by atoms with Crippen LogP contribution in [0.25, 0.3) is 0 Å². The van der Waals surface area contributed by atoms with Crippen LogP contribution in [-0.2, 0) is 6.18 Å². The van der Waals surface area contributed by atoms with Crippen LogP contribution in [0.3, 0.4) is 0 Å². The summed E-state index contributed by atoms with van der Waals surface area (Å²) in [5.74, 6) is -0.218. The molecule has 1 aromatic heterocycles. The third kappa shape index (κ3) is 4.01. The minimum Gasteiger partial charge on any atom is -0.341 e. The predicted molar refractivity (Wildman–Crippen MR) is 87.9 cm³/mol. The number of carbonyl (C=O) groups is 1. The van der Waals surface area contributed by atoms with Crippen molar-refractivity contribution >= 4 is 29.1 Å². The average molecular weight is 371 g/mol. The number of amides is 1. The van der Waals surface area contributed by atoms with Crippen LogP contribution in [-0.4, -0.2) is 29.0 Å². The first-order chi connectivity index (χ1) is 11.8. The van der Waals surface area contributed by atoms with Gasteiger partial charge in [0.05, 0.1) is 16.3 Å². The molecule has 5 nitrogen and oxygen atoms in total. The Balaban J connectivity index is 1.82. The van der Waals surface area contributed by atoms with Gasteiger partial charge in [0.2, 0.25) is 5.95 Å². The Kier molecular flexibility index (Phi) is 4.80. The fourth-order valence-electron chi connectivity index (χ4n) is 2.53. The number of rotatable bonds is 3. The summed E-state index contributed by atoms with van der Waals surface area (Å²) < 4.78 is 38.4. The van der Waals surface area contributed by atoms with E-state index in [-0.39, 0.29) is 16.4 Å². The normalized spacial score (nSPS) is 14.6. The fraction of sp³-hybridized carbons (Fsp3) is 0.312. The largest absolute Gasteiger partial charge is 0.416 e. The first-order valence-corrected chi connectivity index (χ1v) is 7.98. The lowest BCUT2D eigenvalue weighted by molar-refractivity contribution is -0.137. The highest BCUT2D eigenvalue weighted by atomic mass is 35.5. The number of carbonyl (C=O) groups excluding carboxylic acids is 1. The molecule has 2 aromatic rings. The quantitative estimate of drug-likeness (QED) is 0.887. The number of hydrogen-bond acceptors (Lipinski definition) is 4. The van der Waals surface area contributed by atoms with Crippen molar-refractivity contribution in [1.82, 2.24) is 9.97 Å². The first-order valence-electron chi connectivity index (χ1n) is 7.61. The monoisotopic (exact) mass is 370 g/mol. The summed E-state index contributed by atoms with van der Waals surface area (Å²) >= 11 is 5.89. The van der Waals surface area contributed by atoms with Crippen molar-refractivity contribution in [3.05, 3.63) is 46.7 Å². The molecule has 1 aliphatic rings. The maximum Gasteiger partial charge on any atom is 0.416 e. The van der Waals surface area contributed by atoms with Crippen molar-refractivity contribution in [3.8, 4) is 0 Å². The van der Waals surface area contributed by atoms with E-state index in [1.165, 1.54) is 12.3 Å². The smallest absolute Gasteiger partial charge is 0.341 e. The molecule has 1 N–H and O–H groups in total. The highest BCUT2D eigenvalue weighted by Gasteiger charge is 2.31. The molecule has 2 heterocycles. The Hall–Kier alpha value is -2.35. The van der Waals surface area contributed by atoms with Crippen LogP contribution in [0, 0.1) is 0 Å². The number of alkyl halides is 3. The maximum absolute atomic E-state index is 12.8. The van der Waals surface area contributed by atoms with Crippen LogP contribution in [0.15, 0.2) is 30.5 Å². The van der Waals surface area contributed by atoms with Gasteiger partial charge in [0.25, 0.3) is 5.91 Å². The predicted octanol–water partition coefficient (Wildman–Crippen LogP) is 4.00. The summed E-state index contributed by atoms with van der Waals surface area (Å²) in [6, 6.07) is 4.14. The van der Waals surface area contributed by atoms with Gasteiger partial charge in [-0.1, -0.05) is 11.6 Å². The van der Waals surface area contributed by atoms with E-state index in [0.717, 1.165) is 44.1 Å². The lowest BCUT2D eigenvalue weighted by Crippen LogP contribution is -2.22. The second-order valence-electron chi connectivity index (χ2n) is 5.58. The fourth-order valence-corrected chi connectivity index (χ4v) is 2.69. The van der Waals surface area contributed by atoms with Gasteiger partial charge in [0.15, 0.2) is 0 Å². The molecule has 1 saturated heterocycles. The number of anilines is 2. The Morgan fingerprint density at radius 2 is 1.92 bits per heavy atom. The average Bonchev–Trinajstić information content (AvgIpc) is 3.10. The molecule has 0 aliphatic carbocycles. The summed E-state index contributed by atoms with van der Waals surface area (Å²) in [6.45, 7) is 1.62. The van der Waals surface area contributed by atoms with Crippen LogP contribution in [0.2, 0.25) is 5.02 Å². The minimum atomic E-state index is -4.53. The lowest BCUT2D eigenvalue weighted by atomic mass is 10.2. The Morgan fingerprint density at radius 1 is 1.20 bits per heavy atom. The molecule has 1 aliphatic heterocycles. The standard InChI is InChI=1S/C16H14ClF3N4O/c17-11-4-3-10(16(18,19)20)9-13(11)22-14(25)12-5-6-21-15(23-12)24-7-1-2-8-24/h3-6,9H,1-2,7-8H2,(H,22,25). The van der Waals surface area contributed by atoms with Gasteiger partial charge in [-0.3, -0.25) is 4.79 Å². The van der Waals surface area contributed by atoms with E-state index in [2.05, 4.69) is 15.3 Å². The van der Waals surface area contributed by atoms with Gasteiger partial charge >= 0.3 is 6.18 Å². The van der Waals surface area contributed by atoms with E-state index in [0.29, 0.717) is 5.95 Å². The molecule has 3 rings (SSSR count). The summed E-state index contributed by atoms with van der Waals surface area (Å²) in [7, 11) is 0. The van der Waals surface area contributed by atoms with Crippen molar-refractivity contribution in [1.29, 1.82) is 0 Å². The number of aromatic nitrogens is 2. The van der Waals surface area contributed by atoms with Crippen molar-refractivity contribution in [2.45, 2.75) is 19.0 Å². The molecule has 25 heavy (non-hydrogen) atoms. The molecule has 0 bridgehead atoms. The van der Waals surface area contributed by atoms with E-state index >= 15 is 0 Å². The van der Waals surface area contributed by atoms with Crippen LogP contribution in [0.1, 0.15) is 28.9 Å². The van der Waals surface area contributed by atoms with E-state index < -0.39 is 17.6 Å². The summed E-state index contributed by atoms with van der Waals surface area (Å²) in [4.78, 5) is 22.6. The van der Waals surface area contributed by atoms with Gasteiger partial charge in [-0.05, 0) is 37.1 Å². The molecule has 132 valence electrons. The van der Waals surface area contributed by atoms with Gasteiger partial charge in [0.1, 0.15) is 5.69 Å². The number of halogens is 4. The van der Waals surface area contributed by atoms with Gasteiger partial charge in [-0.15, -0.1) is 0 Å². The number of nitrogens with one attached hydrogen (secondary N) is 1. The van der Waals surface area contributed by atoms with Gasteiger partial charge in [-0.25, -0.2) is 9.97 Å². The summed E-state index contributed by atoms with van der Waals surface area (Å²) in [5, 5.41) is 2.39. The van der Waals surface area contributed by atoms with Gasteiger partial charge < -0.3 is 10.2 Å². The minimum absolute atomic E-state index is 0.00942. The third-order valence-corrected chi connectivity index (χ3v) is 4.14. The Bertz CT molecular complexity index is 791. The van der Waals surface area contributed by atoms with E-state index in [9.17, 15) is 18.0 Å². The number of nitrogens with zero attached hydrogens (tertiary/aromatic N) is 3. The molecule has 1 aromatic carbocycles. The zero-order chi connectivity index (χ0) is 18.0. The Morgan fingerprint density at radius 3 is 2.60 bits per heavy atom. The SMILES string of the molecule is O=C(Nc1cc(C(F)(F)F)ccc1Cl)c1ccnc(N2CCCC2)n1. The molecule has 1 fully saturated rings. The van der Waals surface area contributed by atoms with E-state index in [1.807, 2.05) is 4.90 Å². The zero-order valence-electron chi connectivity index (χ0n) is 13.0. The van der Waals surface area contributed by atoms with Crippen molar-refractivity contribution in [2.75, 3.05) is 23.3 Å². The highest BCUT2D eigenvalue weighted by molar-refractivity contribution is 6.33.